The summed E-state index contributed by atoms with van der Waals surface area (Å²) in [5.41, 5.74) is 9.02. The van der Waals surface area contributed by atoms with Crippen molar-refractivity contribution in [3.8, 4) is 0 Å². The van der Waals surface area contributed by atoms with Crippen LogP contribution >= 0.6 is 15.9 Å². The molecule has 2 heterocycles. The smallest absolute Gasteiger partial charge is 0.253 e. The third-order valence-corrected chi connectivity index (χ3v) is 4.21. The van der Waals surface area contributed by atoms with Crippen LogP contribution in [-0.2, 0) is 13.1 Å². The van der Waals surface area contributed by atoms with Crippen LogP contribution in [0.3, 0.4) is 0 Å². The lowest BCUT2D eigenvalue weighted by Crippen LogP contribution is -2.23. The van der Waals surface area contributed by atoms with E-state index in [1.807, 2.05) is 30.3 Å². The maximum atomic E-state index is 12.4. The molecular weight excluding hydrogens is 344 g/mol. The van der Waals surface area contributed by atoms with Crippen molar-refractivity contribution in [2.75, 3.05) is 0 Å². The van der Waals surface area contributed by atoms with Gasteiger partial charge in [-0.1, -0.05) is 24.3 Å². The van der Waals surface area contributed by atoms with E-state index >= 15 is 0 Å². The highest BCUT2D eigenvalue weighted by atomic mass is 79.9. The van der Waals surface area contributed by atoms with Gasteiger partial charge in [-0.15, -0.1) is 0 Å². The summed E-state index contributed by atoms with van der Waals surface area (Å²) in [4.78, 5) is 19.7. The predicted molar refractivity (Wildman–Crippen MR) is 89.3 cm³/mol. The van der Waals surface area contributed by atoms with E-state index in [0.717, 1.165) is 21.0 Å². The SMILES string of the molecule is NCc1ccccc1CNC(=O)c1c[nH]c2nccc(Br)c12. The molecule has 0 aliphatic rings. The molecule has 5 nitrogen and oxygen atoms in total. The number of pyridine rings is 1. The molecule has 22 heavy (non-hydrogen) atoms. The Morgan fingerprint density at radius 2 is 2.05 bits per heavy atom. The molecule has 0 radical (unpaired) electrons. The number of hydrogen-bond acceptors (Lipinski definition) is 3. The first-order chi connectivity index (χ1) is 10.7. The molecule has 1 amide bonds. The molecule has 6 heteroatoms. The monoisotopic (exact) mass is 358 g/mol. The van der Waals surface area contributed by atoms with Gasteiger partial charge in [0.1, 0.15) is 5.65 Å². The third kappa shape index (κ3) is 2.75. The van der Waals surface area contributed by atoms with E-state index in [-0.39, 0.29) is 5.91 Å². The van der Waals surface area contributed by atoms with Gasteiger partial charge in [0.05, 0.1) is 5.56 Å². The minimum absolute atomic E-state index is 0.147. The number of hydrogen-bond donors (Lipinski definition) is 3. The Labute approximate surface area is 136 Å². The number of carbonyl (C=O) groups excluding carboxylic acids is 1. The summed E-state index contributed by atoms with van der Waals surface area (Å²) in [7, 11) is 0. The van der Waals surface area contributed by atoms with Crippen LogP contribution < -0.4 is 11.1 Å². The number of benzene rings is 1. The van der Waals surface area contributed by atoms with Gasteiger partial charge in [0.2, 0.25) is 0 Å². The van der Waals surface area contributed by atoms with Crippen LogP contribution in [0.25, 0.3) is 11.0 Å². The molecule has 0 bridgehead atoms. The zero-order valence-electron chi connectivity index (χ0n) is 11.8. The van der Waals surface area contributed by atoms with Crippen molar-refractivity contribution in [3.63, 3.8) is 0 Å². The molecular formula is C16H15BrN4O. The number of halogens is 1. The first-order valence-corrected chi connectivity index (χ1v) is 7.66. The van der Waals surface area contributed by atoms with Crippen LogP contribution in [0.2, 0.25) is 0 Å². The zero-order chi connectivity index (χ0) is 15.5. The van der Waals surface area contributed by atoms with Crippen LogP contribution in [0.1, 0.15) is 21.5 Å². The second-order valence-electron chi connectivity index (χ2n) is 4.87. The molecule has 0 aliphatic carbocycles. The Balaban J connectivity index is 1.82. The van der Waals surface area contributed by atoms with E-state index in [9.17, 15) is 4.79 Å². The fraction of sp³-hybridized carbons (Fsp3) is 0.125. The summed E-state index contributed by atoms with van der Waals surface area (Å²) in [6.07, 6.45) is 3.36. The van der Waals surface area contributed by atoms with Crippen LogP contribution in [0.4, 0.5) is 0 Å². The minimum Gasteiger partial charge on any atom is -0.348 e. The van der Waals surface area contributed by atoms with Crippen molar-refractivity contribution in [3.05, 3.63) is 63.9 Å². The fourth-order valence-electron chi connectivity index (χ4n) is 2.40. The van der Waals surface area contributed by atoms with E-state index in [1.54, 1.807) is 12.4 Å². The standard InChI is InChI=1S/C16H15BrN4O/c17-13-5-6-19-15-14(13)12(9-20-15)16(22)21-8-11-4-2-1-3-10(11)7-18/h1-6,9H,7-8,18H2,(H,19,20)(H,21,22). The number of rotatable bonds is 4. The van der Waals surface area contributed by atoms with E-state index in [0.29, 0.717) is 24.3 Å². The maximum Gasteiger partial charge on any atom is 0.253 e. The molecule has 0 saturated carbocycles. The van der Waals surface area contributed by atoms with Crippen molar-refractivity contribution in [1.29, 1.82) is 0 Å². The van der Waals surface area contributed by atoms with Gasteiger partial charge in [0, 0.05) is 35.3 Å². The fourth-order valence-corrected chi connectivity index (χ4v) is 2.92. The number of nitrogens with one attached hydrogen (secondary N) is 2. The highest BCUT2D eigenvalue weighted by molar-refractivity contribution is 9.10. The number of amides is 1. The largest absolute Gasteiger partial charge is 0.348 e. The second-order valence-corrected chi connectivity index (χ2v) is 5.73. The molecule has 0 atom stereocenters. The summed E-state index contributed by atoms with van der Waals surface area (Å²) in [5, 5.41) is 3.72. The van der Waals surface area contributed by atoms with Crippen LogP contribution in [0.15, 0.2) is 47.2 Å². The normalized spacial score (nSPS) is 10.8. The summed E-state index contributed by atoms with van der Waals surface area (Å²) in [6, 6.07) is 9.63. The molecule has 112 valence electrons. The number of aromatic amines is 1. The van der Waals surface area contributed by atoms with Crippen LogP contribution in [0.5, 0.6) is 0 Å². The summed E-state index contributed by atoms with van der Waals surface area (Å²) in [5.74, 6) is -0.147. The molecule has 3 rings (SSSR count). The minimum atomic E-state index is -0.147. The van der Waals surface area contributed by atoms with Crippen LogP contribution in [-0.4, -0.2) is 15.9 Å². The van der Waals surface area contributed by atoms with E-state index in [4.69, 9.17) is 5.73 Å². The maximum absolute atomic E-state index is 12.4. The van der Waals surface area contributed by atoms with Gasteiger partial charge in [-0.2, -0.15) is 0 Å². The van der Waals surface area contributed by atoms with Gasteiger partial charge in [0.15, 0.2) is 0 Å². The first-order valence-electron chi connectivity index (χ1n) is 6.87. The first kappa shape index (κ1) is 14.7. The van der Waals surface area contributed by atoms with Crippen molar-refractivity contribution in [1.82, 2.24) is 15.3 Å². The van der Waals surface area contributed by atoms with Gasteiger partial charge in [0.25, 0.3) is 5.91 Å². The van der Waals surface area contributed by atoms with Crippen LogP contribution in [0, 0.1) is 0 Å². The number of nitrogens with zero attached hydrogens (tertiary/aromatic N) is 1. The molecule has 1 aromatic carbocycles. The average Bonchev–Trinajstić information content (AvgIpc) is 2.98. The topological polar surface area (TPSA) is 83.8 Å². The molecule has 0 saturated heterocycles. The molecule has 2 aromatic heterocycles. The molecule has 0 fully saturated rings. The Hall–Kier alpha value is -2.18. The molecule has 0 unspecified atom stereocenters. The highest BCUT2D eigenvalue weighted by Crippen LogP contribution is 2.25. The number of aromatic nitrogens is 2. The van der Waals surface area contributed by atoms with Gasteiger partial charge in [-0.25, -0.2) is 4.98 Å². The van der Waals surface area contributed by atoms with Gasteiger partial charge in [-0.05, 0) is 33.1 Å². The lowest BCUT2D eigenvalue weighted by atomic mass is 10.1. The van der Waals surface area contributed by atoms with Crippen molar-refractivity contribution >= 4 is 32.9 Å². The van der Waals surface area contributed by atoms with Crippen molar-refractivity contribution in [2.45, 2.75) is 13.1 Å². The van der Waals surface area contributed by atoms with Gasteiger partial charge in [-0.3, -0.25) is 4.79 Å². The second kappa shape index (κ2) is 6.29. The predicted octanol–water partition coefficient (Wildman–Crippen LogP) is 2.71. The number of H-pyrrole nitrogens is 1. The lowest BCUT2D eigenvalue weighted by molar-refractivity contribution is 0.0952. The molecule has 0 spiro atoms. The molecule has 3 aromatic rings. The average molecular weight is 359 g/mol. The quantitative estimate of drug-likeness (QED) is 0.670. The molecule has 4 N–H and O–H groups in total. The highest BCUT2D eigenvalue weighted by Gasteiger charge is 2.15. The summed E-state index contributed by atoms with van der Waals surface area (Å²) in [6.45, 7) is 0.894. The van der Waals surface area contributed by atoms with Gasteiger partial charge < -0.3 is 16.0 Å². The van der Waals surface area contributed by atoms with Crippen molar-refractivity contribution in [2.24, 2.45) is 5.73 Å². The number of fused-ring (bicyclic) bond motifs is 1. The Kier molecular flexibility index (Phi) is 4.22. The lowest BCUT2D eigenvalue weighted by Gasteiger charge is -2.09. The molecule has 0 aliphatic heterocycles. The Morgan fingerprint density at radius 1 is 1.27 bits per heavy atom. The van der Waals surface area contributed by atoms with E-state index in [2.05, 4.69) is 31.2 Å². The Morgan fingerprint density at radius 3 is 2.82 bits per heavy atom. The van der Waals surface area contributed by atoms with Crippen molar-refractivity contribution < 1.29 is 4.79 Å². The number of carbonyl (C=O) groups is 1. The summed E-state index contributed by atoms with van der Waals surface area (Å²) >= 11 is 3.46. The van der Waals surface area contributed by atoms with Gasteiger partial charge >= 0.3 is 0 Å². The van der Waals surface area contributed by atoms with E-state index in [1.165, 1.54) is 0 Å². The zero-order valence-corrected chi connectivity index (χ0v) is 13.4. The Bertz CT molecular complexity index is 828. The van der Waals surface area contributed by atoms with E-state index < -0.39 is 0 Å². The number of nitrogens with two attached hydrogens (primary N) is 1. The summed E-state index contributed by atoms with van der Waals surface area (Å²) < 4.78 is 0.839. The third-order valence-electron chi connectivity index (χ3n) is 3.55.